The summed E-state index contributed by atoms with van der Waals surface area (Å²) in [7, 11) is 0. The minimum atomic E-state index is -0.632. The van der Waals surface area contributed by atoms with Crippen LogP contribution in [0, 0.1) is 11.6 Å². The Balaban J connectivity index is 2.34. The van der Waals surface area contributed by atoms with Crippen LogP contribution in [-0.2, 0) is 6.42 Å². The van der Waals surface area contributed by atoms with E-state index >= 15 is 0 Å². The van der Waals surface area contributed by atoms with Gasteiger partial charge in [0.15, 0.2) is 0 Å². The van der Waals surface area contributed by atoms with Crippen molar-refractivity contribution < 1.29 is 8.78 Å². The molecule has 0 unspecified atom stereocenters. The van der Waals surface area contributed by atoms with Crippen molar-refractivity contribution in [3.63, 3.8) is 0 Å². The molecule has 0 aliphatic carbocycles. The third-order valence-corrected chi connectivity index (χ3v) is 2.40. The quantitative estimate of drug-likeness (QED) is 0.812. The van der Waals surface area contributed by atoms with Crippen molar-refractivity contribution in [3.05, 3.63) is 41.7 Å². The number of hydrogen-bond acceptors (Lipinski definition) is 2. The van der Waals surface area contributed by atoms with Crippen LogP contribution in [0.5, 0.6) is 0 Å². The first-order chi connectivity index (χ1) is 7.69. The number of aryl methyl sites for hydroxylation is 1. The number of hydrogen-bond donors (Lipinski definition) is 0. The zero-order valence-electron chi connectivity index (χ0n) is 8.20. The average molecular weight is 288 g/mol. The second kappa shape index (κ2) is 4.69. The van der Waals surface area contributed by atoms with Crippen molar-refractivity contribution in [3.8, 4) is 5.69 Å². The van der Waals surface area contributed by atoms with Gasteiger partial charge in [0.05, 0.1) is 17.6 Å². The van der Waals surface area contributed by atoms with Gasteiger partial charge in [-0.1, -0.05) is 21.1 Å². The van der Waals surface area contributed by atoms with Gasteiger partial charge in [0.1, 0.15) is 11.6 Å². The predicted octanol–water partition coefficient (Wildman–Crippen LogP) is 2.48. The van der Waals surface area contributed by atoms with E-state index in [1.807, 2.05) is 0 Å². The molecule has 2 aromatic rings. The largest absolute Gasteiger partial charge is 0.220 e. The van der Waals surface area contributed by atoms with Crippen molar-refractivity contribution in [2.75, 3.05) is 5.33 Å². The van der Waals surface area contributed by atoms with Crippen LogP contribution in [0.3, 0.4) is 0 Å². The molecule has 1 heterocycles. The Labute approximate surface area is 99.2 Å². The maximum Gasteiger partial charge on any atom is 0.128 e. The molecule has 3 nitrogen and oxygen atoms in total. The fraction of sp³-hybridized carbons (Fsp3) is 0.200. The van der Waals surface area contributed by atoms with Crippen LogP contribution in [0.2, 0.25) is 0 Å². The van der Waals surface area contributed by atoms with Crippen molar-refractivity contribution in [1.82, 2.24) is 15.0 Å². The second-order valence-corrected chi connectivity index (χ2v) is 4.01. The molecule has 0 saturated carbocycles. The Morgan fingerprint density at radius 2 is 1.88 bits per heavy atom. The Bertz CT molecular complexity index is 478. The molecule has 6 heteroatoms. The number of nitrogens with zero attached hydrogens (tertiary/aromatic N) is 3. The fourth-order valence-corrected chi connectivity index (χ4v) is 1.71. The summed E-state index contributed by atoms with van der Waals surface area (Å²) in [6, 6.07) is 3.23. The first-order valence-corrected chi connectivity index (χ1v) is 5.75. The topological polar surface area (TPSA) is 30.7 Å². The lowest BCUT2D eigenvalue weighted by atomic mass is 10.3. The zero-order valence-corrected chi connectivity index (χ0v) is 9.79. The molecular weight excluding hydrogens is 280 g/mol. The van der Waals surface area contributed by atoms with E-state index in [2.05, 4.69) is 26.2 Å². The molecule has 0 atom stereocenters. The van der Waals surface area contributed by atoms with E-state index in [9.17, 15) is 8.78 Å². The minimum absolute atomic E-state index is 0.325. The van der Waals surface area contributed by atoms with Crippen molar-refractivity contribution >= 4 is 15.9 Å². The van der Waals surface area contributed by atoms with Gasteiger partial charge in [0.25, 0.3) is 0 Å². The number of rotatable bonds is 3. The Kier molecular flexibility index (Phi) is 3.28. The van der Waals surface area contributed by atoms with Crippen LogP contribution in [0.25, 0.3) is 5.69 Å². The van der Waals surface area contributed by atoms with Crippen LogP contribution in [-0.4, -0.2) is 20.3 Å². The van der Waals surface area contributed by atoms with E-state index < -0.39 is 11.6 Å². The van der Waals surface area contributed by atoms with Gasteiger partial charge >= 0.3 is 0 Å². The highest BCUT2D eigenvalue weighted by molar-refractivity contribution is 9.09. The van der Waals surface area contributed by atoms with Gasteiger partial charge < -0.3 is 0 Å². The molecule has 0 aliphatic rings. The standard InChI is InChI=1S/C10H8BrF2N3/c11-2-1-9-6-16(15-14-9)10-4-7(12)3-8(13)5-10/h3-6H,1-2H2. The molecule has 0 spiro atoms. The zero-order chi connectivity index (χ0) is 11.5. The highest BCUT2D eigenvalue weighted by atomic mass is 79.9. The summed E-state index contributed by atoms with van der Waals surface area (Å²) in [6.45, 7) is 0. The van der Waals surface area contributed by atoms with Crippen LogP contribution in [0.4, 0.5) is 8.78 Å². The van der Waals surface area contributed by atoms with Crippen molar-refractivity contribution in [1.29, 1.82) is 0 Å². The summed E-state index contributed by atoms with van der Waals surface area (Å²) in [6.07, 6.45) is 2.37. The van der Waals surface area contributed by atoms with Crippen molar-refractivity contribution in [2.24, 2.45) is 0 Å². The Morgan fingerprint density at radius 3 is 2.50 bits per heavy atom. The lowest BCUT2D eigenvalue weighted by Gasteiger charge is -2.00. The Hall–Kier alpha value is -1.30. The van der Waals surface area contributed by atoms with Gasteiger partial charge in [-0.3, -0.25) is 0 Å². The molecule has 2 rings (SSSR count). The van der Waals surface area contributed by atoms with E-state index in [4.69, 9.17) is 0 Å². The Morgan fingerprint density at radius 1 is 1.19 bits per heavy atom. The van der Waals surface area contributed by atoms with Crippen LogP contribution < -0.4 is 0 Å². The number of benzene rings is 1. The molecule has 0 N–H and O–H groups in total. The molecule has 16 heavy (non-hydrogen) atoms. The second-order valence-electron chi connectivity index (χ2n) is 3.22. The maximum atomic E-state index is 13.0. The van der Waals surface area contributed by atoms with E-state index in [0.717, 1.165) is 23.5 Å². The third kappa shape index (κ3) is 2.44. The molecular formula is C10H8BrF2N3. The third-order valence-electron chi connectivity index (χ3n) is 2.00. The molecule has 0 radical (unpaired) electrons. The molecule has 1 aromatic heterocycles. The van der Waals surface area contributed by atoms with Gasteiger partial charge in [-0.25, -0.2) is 13.5 Å². The summed E-state index contributed by atoms with van der Waals surface area (Å²) in [5, 5.41) is 8.45. The summed E-state index contributed by atoms with van der Waals surface area (Å²) in [4.78, 5) is 0. The van der Waals surface area contributed by atoms with Gasteiger partial charge in [-0.05, 0) is 12.1 Å². The monoisotopic (exact) mass is 287 g/mol. The number of alkyl halides is 1. The fourth-order valence-electron chi connectivity index (χ4n) is 1.31. The van der Waals surface area contributed by atoms with E-state index in [0.29, 0.717) is 5.69 Å². The van der Waals surface area contributed by atoms with Gasteiger partial charge in [0.2, 0.25) is 0 Å². The molecule has 1 aromatic carbocycles. The maximum absolute atomic E-state index is 13.0. The smallest absolute Gasteiger partial charge is 0.128 e. The first-order valence-electron chi connectivity index (χ1n) is 4.62. The lowest BCUT2D eigenvalue weighted by Crippen LogP contribution is -1.96. The van der Waals surface area contributed by atoms with E-state index in [1.54, 1.807) is 6.20 Å². The molecule has 0 saturated heterocycles. The number of halogens is 3. The van der Waals surface area contributed by atoms with E-state index in [-0.39, 0.29) is 0 Å². The summed E-state index contributed by atoms with van der Waals surface area (Å²) < 4.78 is 27.3. The summed E-state index contributed by atoms with van der Waals surface area (Å²) in [5.41, 5.74) is 1.09. The summed E-state index contributed by atoms with van der Waals surface area (Å²) in [5.74, 6) is -1.26. The minimum Gasteiger partial charge on any atom is -0.220 e. The highest BCUT2D eigenvalue weighted by Crippen LogP contribution is 2.12. The molecule has 0 amide bonds. The van der Waals surface area contributed by atoms with Gasteiger partial charge in [-0.2, -0.15) is 0 Å². The normalized spacial score (nSPS) is 10.7. The van der Waals surface area contributed by atoms with Crippen LogP contribution >= 0.6 is 15.9 Å². The van der Waals surface area contributed by atoms with Gasteiger partial charge in [-0.15, -0.1) is 5.10 Å². The van der Waals surface area contributed by atoms with Gasteiger partial charge in [0, 0.05) is 17.8 Å². The van der Waals surface area contributed by atoms with Crippen LogP contribution in [0.1, 0.15) is 5.69 Å². The average Bonchev–Trinajstić information content (AvgIpc) is 2.65. The van der Waals surface area contributed by atoms with Crippen LogP contribution in [0.15, 0.2) is 24.4 Å². The van der Waals surface area contributed by atoms with Crippen molar-refractivity contribution in [2.45, 2.75) is 6.42 Å². The predicted molar refractivity (Wildman–Crippen MR) is 58.8 cm³/mol. The van der Waals surface area contributed by atoms with E-state index in [1.165, 1.54) is 16.8 Å². The first kappa shape index (κ1) is 11.2. The molecule has 0 fully saturated rings. The molecule has 0 bridgehead atoms. The highest BCUT2D eigenvalue weighted by Gasteiger charge is 2.05. The number of aromatic nitrogens is 3. The molecule has 84 valence electrons. The lowest BCUT2D eigenvalue weighted by molar-refractivity contribution is 0.579. The molecule has 0 aliphatic heterocycles. The summed E-state index contributed by atoms with van der Waals surface area (Å²) >= 11 is 3.28. The SMILES string of the molecule is Fc1cc(F)cc(-n2cc(CCBr)nn2)c1.